The molecule has 1 unspecified atom stereocenters. The lowest BCUT2D eigenvalue weighted by Gasteiger charge is -2.15. The van der Waals surface area contributed by atoms with Crippen molar-refractivity contribution < 1.29 is 0 Å². The predicted molar refractivity (Wildman–Crippen MR) is 66.2 cm³/mol. The molecule has 0 fully saturated rings. The lowest BCUT2D eigenvalue weighted by Crippen LogP contribution is -2.19. The molecule has 1 N–H and O–H groups in total. The van der Waals surface area contributed by atoms with Crippen LogP contribution in [-0.4, -0.2) is 16.5 Å². The zero-order valence-corrected chi connectivity index (χ0v) is 9.35. The third-order valence-electron chi connectivity index (χ3n) is 2.52. The van der Waals surface area contributed by atoms with Crippen molar-refractivity contribution in [2.24, 2.45) is 0 Å². The van der Waals surface area contributed by atoms with Crippen LogP contribution in [0.2, 0.25) is 0 Å². The van der Waals surface area contributed by atoms with E-state index in [0.29, 0.717) is 0 Å². The van der Waals surface area contributed by atoms with Crippen molar-refractivity contribution in [2.45, 2.75) is 13.0 Å². The first-order valence-electron chi connectivity index (χ1n) is 5.42. The van der Waals surface area contributed by atoms with Crippen LogP contribution in [0, 0.1) is 0 Å². The Bertz CT molecular complexity index is 488. The van der Waals surface area contributed by atoms with Gasteiger partial charge < -0.3 is 5.32 Å². The van der Waals surface area contributed by atoms with Gasteiger partial charge in [0.25, 0.3) is 0 Å². The number of nitrogens with one attached hydrogen (secondary N) is 1. The molecule has 1 atom stereocenters. The van der Waals surface area contributed by atoms with Crippen molar-refractivity contribution in [3.8, 4) is 0 Å². The molecule has 0 saturated carbocycles. The molecule has 0 aliphatic rings. The van der Waals surface area contributed by atoms with Crippen LogP contribution in [0.4, 0.5) is 0 Å². The van der Waals surface area contributed by atoms with E-state index in [1.165, 1.54) is 0 Å². The zero-order chi connectivity index (χ0) is 11.4. The second kappa shape index (κ2) is 4.86. The molecule has 82 valence electrons. The van der Waals surface area contributed by atoms with Crippen molar-refractivity contribution in [2.75, 3.05) is 6.54 Å². The Kier molecular flexibility index (Phi) is 3.27. The molecule has 0 amide bonds. The summed E-state index contributed by atoms with van der Waals surface area (Å²) < 4.78 is 0. The van der Waals surface area contributed by atoms with Crippen LogP contribution in [0.25, 0.3) is 11.0 Å². The van der Waals surface area contributed by atoms with E-state index in [2.05, 4.69) is 34.9 Å². The normalized spacial score (nSPS) is 12.6. The molecule has 0 radical (unpaired) electrons. The summed E-state index contributed by atoms with van der Waals surface area (Å²) in [5.74, 6) is 0. The van der Waals surface area contributed by atoms with E-state index < -0.39 is 0 Å². The van der Waals surface area contributed by atoms with E-state index in [1.54, 1.807) is 12.4 Å². The zero-order valence-electron chi connectivity index (χ0n) is 9.35. The quantitative estimate of drug-likeness (QED) is 0.793. The Morgan fingerprint density at radius 1 is 1.38 bits per heavy atom. The topological polar surface area (TPSA) is 37.8 Å². The van der Waals surface area contributed by atoms with Crippen LogP contribution in [0.5, 0.6) is 0 Å². The number of likely N-dealkylation sites (N-methyl/N-ethyl adjacent to an activating group) is 1. The Morgan fingerprint density at radius 3 is 2.94 bits per heavy atom. The Balaban J connectivity index is 2.54. The van der Waals surface area contributed by atoms with Gasteiger partial charge in [0.1, 0.15) is 0 Å². The van der Waals surface area contributed by atoms with E-state index in [0.717, 1.165) is 23.1 Å². The maximum Gasteiger partial charge on any atom is 0.0937 e. The molecule has 0 aliphatic carbocycles. The van der Waals surface area contributed by atoms with E-state index >= 15 is 0 Å². The SMILES string of the molecule is C=CC(NCC)c1cccc2nccnc12. The second-order valence-corrected chi connectivity index (χ2v) is 3.54. The lowest BCUT2D eigenvalue weighted by molar-refractivity contribution is 0.652. The number of fused-ring (bicyclic) bond motifs is 1. The molecular formula is C13H15N3. The minimum absolute atomic E-state index is 0.130. The molecule has 1 aromatic heterocycles. The predicted octanol–water partition coefficient (Wildman–Crippen LogP) is 2.47. The molecule has 2 aromatic rings. The molecule has 1 aromatic carbocycles. The van der Waals surface area contributed by atoms with Crippen molar-refractivity contribution in [3.63, 3.8) is 0 Å². The Hall–Kier alpha value is -1.74. The molecule has 2 rings (SSSR count). The minimum Gasteiger partial charge on any atom is -0.307 e. The van der Waals surface area contributed by atoms with Crippen LogP contribution >= 0.6 is 0 Å². The molecule has 3 heteroatoms. The van der Waals surface area contributed by atoms with Gasteiger partial charge in [-0.1, -0.05) is 25.1 Å². The molecule has 0 saturated heterocycles. The molecule has 0 aliphatic heterocycles. The van der Waals surface area contributed by atoms with E-state index in [9.17, 15) is 0 Å². The van der Waals surface area contributed by atoms with Gasteiger partial charge in [0.05, 0.1) is 17.1 Å². The van der Waals surface area contributed by atoms with E-state index in [4.69, 9.17) is 0 Å². The number of hydrogen-bond donors (Lipinski definition) is 1. The first kappa shape index (κ1) is 10.8. The number of rotatable bonds is 4. The maximum absolute atomic E-state index is 4.38. The standard InChI is InChI=1S/C13H15N3/c1-3-11(14-4-2)10-6-5-7-12-13(10)16-9-8-15-12/h3,5-9,11,14H,1,4H2,2H3. The smallest absolute Gasteiger partial charge is 0.0937 e. The first-order valence-corrected chi connectivity index (χ1v) is 5.42. The third kappa shape index (κ3) is 1.95. The van der Waals surface area contributed by atoms with Gasteiger partial charge in [-0.3, -0.25) is 9.97 Å². The largest absolute Gasteiger partial charge is 0.307 e. The van der Waals surface area contributed by atoms with Crippen molar-refractivity contribution >= 4 is 11.0 Å². The molecule has 1 heterocycles. The first-order chi connectivity index (χ1) is 7.86. The van der Waals surface area contributed by atoms with Gasteiger partial charge in [0.15, 0.2) is 0 Å². The third-order valence-corrected chi connectivity index (χ3v) is 2.52. The van der Waals surface area contributed by atoms with Crippen molar-refractivity contribution in [1.29, 1.82) is 0 Å². The number of aromatic nitrogens is 2. The van der Waals surface area contributed by atoms with Crippen LogP contribution < -0.4 is 5.32 Å². The van der Waals surface area contributed by atoms with Crippen LogP contribution in [0.1, 0.15) is 18.5 Å². The highest BCUT2D eigenvalue weighted by molar-refractivity contribution is 5.78. The van der Waals surface area contributed by atoms with Crippen molar-refractivity contribution in [3.05, 3.63) is 48.8 Å². The summed E-state index contributed by atoms with van der Waals surface area (Å²) >= 11 is 0. The number of benzene rings is 1. The van der Waals surface area contributed by atoms with E-state index in [-0.39, 0.29) is 6.04 Å². The fraction of sp³-hybridized carbons (Fsp3) is 0.231. The van der Waals surface area contributed by atoms with Gasteiger partial charge in [0.2, 0.25) is 0 Å². The van der Waals surface area contributed by atoms with Gasteiger partial charge in [-0.2, -0.15) is 0 Å². The summed E-state index contributed by atoms with van der Waals surface area (Å²) in [5.41, 5.74) is 2.99. The summed E-state index contributed by atoms with van der Waals surface area (Å²) in [6.07, 6.45) is 5.33. The molecular weight excluding hydrogens is 198 g/mol. The lowest BCUT2D eigenvalue weighted by atomic mass is 10.0. The summed E-state index contributed by atoms with van der Waals surface area (Å²) in [4.78, 5) is 8.68. The highest BCUT2D eigenvalue weighted by Gasteiger charge is 2.10. The highest BCUT2D eigenvalue weighted by atomic mass is 14.9. The maximum atomic E-state index is 4.38. The Labute approximate surface area is 95.2 Å². The number of para-hydroxylation sites is 1. The fourth-order valence-electron chi connectivity index (χ4n) is 1.81. The van der Waals surface area contributed by atoms with Gasteiger partial charge in [-0.15, -0.1) is 6.58 Å². The second-order valence-electron chi connectivity index (χ2n) is 3.54. The summed E-state index contributed by atoms with van der Waals surface area (Å²) in [6, 6.07) is 6.16. The van der Waals surface area contributed by atoms with Gasteiger partial charge >= 0.3 is 0 Å². The summed E-state index contributed by atoms with van der Waals surface area (Å²) in [7, 11) is 0. The molecule has 16 heavy (non-hydrogen) atoms. The summed E-state index contributed by atoms with van der Waals surface area (Å²) in [5, 5.41) is 3.35. The van der Waals surface area contributed by atoms with Crippen LogP contribution in [0.3, 0.4) is 0 Å². The summed E-state index contributed by atoms with van der Waals surface area (Å²) in [6.45, 7) is 6.82. The number of hydrogen-bond acceptors (Lipinski definition) is 3. The van der Waals surface area contributed by atoms with Crippen LogP contribution in [-0.2, 0) is 0 Å². The average molecular weight is 213 g/mol. The molecule has 3 nitrogen and oxygen atoms in total. The minimum atomic E-state index is 0.130. The van der Waals surface area contributed by atoms with Gasteiger partial charge in [0, 0.05) is 18.0 Å². The van der Waals surface area contributed by atoms with E-state index in [1.807, 2.05) is 18.2 Å². The highest BCUT2D eigenvalue weighted by Crippen LogP contribution is 2.21. The monoisotopic (exact) mass is 213 g/mol. The van der Waals surface area contributed by atoms with Gasteiger partial charge in [-0.05, 0) is 12.6 Å². The van der Waals surface area contributed by atoms with Crippen molar-refractivity contribution in [1.82, 2.24) is 15.3 Å². The molecule has 0 spiro atoms. The van der Waals surface area contributed by atoms with Gasteiger partial charge in [-0.25, -0.2) is 0 Å². The fourth-order valence-corrected chi connectivity index (χ4v) is 1.81. The Morgan fingerprint density at radius 2 is 2.19 bits per heavy atom. The average Bonchev–Trinajstić information content (AvgIpc) is 2.35. The number of nitrogens with zero attached hydrogens (tertiary/aromatic N) is 2. The molecule has 0 bridgehead atoms. The van der Waals surface area contributed by atoms with Crippen LogP contribution in [0.15, 0.2) is 43.2 Å².